The lowest BCUT2D eigenvalue weighted by atomic mass is 10.1. The maximum atomic E-state index is 11.9. The second-order valence-corrected chi connectivity index (χ2v) is 6.77. The minimum Gasteiger partial charge on any atom is -0.492 e. The first kappa shape index (κ1) is 13.4. The van der Waals surface area contributed by atoms with E-state index in [1.807, 2.05) is 0 Å². The van der Waals surface area contributed by atoms with Crippen LogP contribution in [0.15, 0.2) is 29.2 Å². The van der Waals surface area contributed by atoms with Gasteiger partial charge in [0.05, 0.1) is 12.4 Å². The summed E-state index contributed by atoms with van der Waals surface area (Å²) in [6, 6.07) is 6.87. The predicted octanol–water partition coefficient (Wildman–Crippen LogP) is 1.47. The summed E-state index contributed by atoms with van der Waals surface area (Å²) in [5, 5.41) is 3.27. The second kappa shape index (κ2) is 5.71. The molecule has 5 heteroatoms. The quantitative estimate of drug-likeness (QED) is 0.879. The Morgan fingerprint density at radius 2 is 2.17 bits per heavy atom. The van der Waals surface area contributed by atoms with Gasteiger partial charge in [-0.25, -0.2) is 8.42 Å². The Morgan fingerprint density at radius 3 is 2.83 bits per heavy atom. The molecule has 0 aliphatic carbocycles. The molecule has 1 aliphatic rings. The Labute approximate surface area is 108 Å². The molecular formula is C13H19NO3S. The van der Waals surface area contributed by atoms with Crippen molar-refractivity contribution in [2.75, 3.05) is 25.4 Å². The summed E-state index contributed by atoms with van der Waals surface area (Å²) >= 11 is 0. The van der Waals surface area contributed by atoms with Gasteiger partial charge < -0.3 is 10.1 Å². The van der Waals surface area contributed by atoms with Gasteiger partial charge in [0.1, 0.15) is 10.6 Å². The van der Waals surface area contributed by atoms with Gasteiger partial charge in [0.2, 0.25) is 0 Å². The minimum absolute atomic E-state index is 0.0956. The van der Waals surface area contributed by atoms with E-state index in [-0.39, 0.29) is 5.75 Å². The van der Waals surface area contributed by atoms with Crippen LogP contribution in [0.1, 0.15) is 13.3 Å². The number of benzene rings is 1. The van der Waals surface area contributed by atoms with E-state index in [1.165, 1.54) is 0 Å². The predicted molar refractivity (Wildman–Crippen MR) is 70.6 cm³/mol. The molecule has 0 spiro atoms. The Bertz CT molecular complexity index is 493. The first-order valence-electron chi connectivity index (χ1n) is 6.29. The number of para-hydroxylation sites is 1. The molecule has 1 aromatic rings. The Kier molecular flexibility index (Phi) is 4.24. The van der Waals surface area contributed by atoms with Crippen LogP contribution in [0.4, 0.5) is 0 Å². The number of sulfone groups is 1. The molecule has 100 valence electrons. The van der Waals surface area contributed by atoms with Gasteiger partial charge in [-0.2, -0.15) is 0 Å². The Hall–Kier alpha value is -1.07. The molecule has 0 bridgehead atoms. The van der Waals surface area contributed by atoms with Gasteiger partial charge in [-0.05, 0) is 25.1 Å². The molecule has 18 heavy (non-hydrogen) atoms. The van der Waals surface area contributed by atoms with Crippen molar-refractivity contribution in [2.24, 2.45) is 5.92 Å². The molecule has 1 atom stereocenters. The van der Waals surface area contributed by atoms with Gasteiger partial charge in [0, 0.05) is 12.5 Å². The van der Waals surface area contributed by atoms with Crippen molar-refractivity contribution in [3.8, 4) is 5.75 Å². The highest BCUT2D eigenvalue weighted by molar-refractivity contribution is 7.91. The summed E-state index contributed by atoms with van der Waals surface area (Å²) in [5.74, 6) is 1.05. The van der Waals surface area contributed by atoms with Crippen LogP contribution in [0, 0.1) is 5.92 Å². The van der Waals surface area contributed by atoms with E-state index in [4.69, 9.17) is 4.74 Å². The molecule has 1 heterocycles. The molecule has 2 rings (SSSR count). The monoisotopic (exact) mass is 269 g/mol. The Balaban J connectivity index is 2.12. The minimum atomic E-state index is -3.22. The van der Waals surface area contributed by atoms with E-state index in [2.05, 4.69) is 5.32 Å². The van der Waals surface area contributed by atoms with Crippen LogP contribution in [-0.2, 0) is 9.84 Å². The topological polar surface area (TPSA) is 55.4 Å². The van der Waals surface area contributed by atoms with Gasteiger partial charge in [0.25, 0.3) is 0 Å². The molecule has 1 aliphatic heterocycles. The smallest absolute Gasteiger partial charge is 0.181 e. The number of nitrogens with one attached hydrogen (secondary N) is 1. The number of ether oxygens (including phenoxy) is 1. The molecule has 1 unspecified atom stereocenters. The third-order valence-electron chi connectivity index (χ3n) is 3.20. The lowest BCUT2D eigenvalue weighted by Gasteiger charge is -2.14. The highest BCUT2D eigenvalue weighted by Crippen LogP contribution is 2.25. The third-order valence-corrected chi connectivity index (χ3v) is 4.97. The van der Waals surface area contributed by atoms with Crippen LogP contribution < -0.4 is 10.1 Å². The molecule has 1 saturated heterocycles. The van der Waals surface area contributed by atoms with Gasteiger partial charge in [-0.3, -0.25) is 0 Å². The van der Waals surface area contributed by atoms with Crippen molar-refractivity contribution in [2.45, 2.75) is 18.2 Å². The number of hydrogen-bond acceptors (Lipinski definition) is 4. The maximum absolute atomic E-state index is 11.9. The molecule has 0 amide bonds. The molecular weight excluding hydrogens is 250 g/mol. The summed E-state index contributed by atoms with van der Waals surface area (Å²) in [5.41, 5.74) is 0. The molecule has 1 aromatic carbocycles. The van der Waals surface area contributed by atoms with Crippen molar-refractivity contribution in [3.05, 3.63) is 24.3 Å². The molecule has 1 fully saturated rings. The van der Waals surface area contributed by atoms with Crippen molar-refractivity contribution < 1.29 is 13.2 Å². The fraction of sp³-hybridized carbons (Fsp3) is 0.538. The molecule has 0 aromatic heterocycles. The van der Waals surface area contributed by atoms with E-state index in [1.54, 1.807) is 31.2 Å². The van der Waals surface area contributed by atoms with Crippen LogP contribution in [0.2, 0.25) is 0 Å². The van der Waals surface area contributed by atoms with Crippen molar-refractivity contribution in [3.63, 3.8) is 0 Å². The van der Waals surface area contributed by atoms with E-state index in [9.17, 15) is 8.42 Å². The summed E-state index contributed by atoms with van der Waals surface area (Å²) in [6.07, 6.45) is 1.09. The van der Waals surface area contributed by atoms with Gasteiger partial charge >= 0.3 is 0 Å². The van der Waals surface area contributed by atoms with Crippen LogP contribution in [0.25, 0.3) is 0 Å². The third kappa shape index (κ3) is 3.03. The van der Waals surface area contributed by atoms with Crippen molar-refractivity contribution >= 4 is 9.84 Å². The van der Waals surface area contributed by atoms with E-state index in [0.717, 1.165) is 19.5 Å². The van der Waals surface area contributed by atoms with E-state index < -0.39 is 9.84 Å². The fourth-order valence-electron chi connectivity index (χ4n) is 2.05. The van der Waals surface area contributed by atoms with Gasteiger partial charge in [-0.15, -0.1) is 0 Å². The normalized spacial score (nSPS) is 19.9. The van der Waals surface area contributed by atoms with Crippen molar-refractivity contribution in [1.82, 2.24) is 5.32 Å². The SMILES string of the molecule is CCS(=O)(=O)c1ccccc1OCC1CCNC1. The summed E-state index contributed by atoms with van der Waals surface area (Å²) in [6.45, 7) is 4.18. The van der Waals surface area contributed by atoms with Crippen LogP contribution in [0.5, 0.6) is 5.75 Å². The Morgan fingerprint density at radius 1 is 1.39 bits per heavy atom. The van der Waals surface area contributed by atoms with E-state index >= 15 is 0 Å². The van der Waals surface area contributed by atoms with Crippen LogP contribution in [0.3, 0.4) is 0 Å². The molecule has 4 nitrogen and oxygen atoms in total. The molecule has 1 N–H and O–H groups in total. The number of hydrogen-bond donors (Lipinski definition) is 1. The summed E-state index contributed by atoms with van der Waals surface area (Å²) in [4.78, 5) is 0.304. The first-order valence-corrected chi connectivity index (χ1v) is 7.94. The summed E-state index contributed by atoms with van der Waals surface area (Å²) in [7, 11) is -3.22. The fourth-order valence-corrected chi connectivity index (χ4v) is 3.08. The zero-order chi connectivity index (χ0) is 13.0. The molecule has 0 radical (unpaired) electrons. The largest absolute Gasteiger partial charge is 0.492 e. The lowest BCUT2D eigenvalue weighted by molar-refractivity contribution is 0.254. The highest BCUT2D eigenvalue weighted by Gasteiger charge is 2.19. The average molecular weight is 269 g/mol. The average Bonchev–Trinajstić information content (AvgIpc) is 2.90. The maximum Gasteiger partial charge on any atom is 0.181 e. The van der Waals surface area contributed by atoms with Crippen molar-refractivity contribution in [1.29, 1.82) is 0 Å². The second-order valence-electron chi connectivity index (χ2n) is 4.52. The standard InChI is InChI=1S/C13H19NO3S/c1-2-18(15,16)13-6-4-3-5-12(13)17-10-11-7-8-14-9-11/h3-6,11,14H,2,7-10H2,1H3. The zero-order valence-electron chi connectivity index (χ0n) is 10.6. The summed E-state index contributed by atoms with van der Waals surface area (Å²) < 4.78 is 29.5. The van der Waals surface area contributed by atoms with Gasteiger partial charge in [-0.1, -0.05) is 19.1 Å². The highest BCUT2D eigenvalue weighted by atomic mass is 32.2. The van der Waals surface area contributed by atoms with Gasteiger partial charge in [0.15, 0.2) is 9.84 Å². The first-order chi connectivity index (χ1) is 8.63. The molecule has 0 saturated carbocycles. The van der Waals surface area contributed by atoms with Crippen LogP contribution >= 0.6 is 0 Å². The zero-order valence-corrected chi connectivity index (χ0v) is 11.4. The van der Waals surface area contributed by atoms with E-state index in [0.29, 0.717) is 23.2 Å². The lowest BCUT2D eigenvalue weighted by Crippen LogP contribution is -2.16. The van der Waals surface area contributed by atoms with Crippen LogP contribution in [-0.4, -0.2) is 33.9 Å². The number of rotatable bonds is 5.